The first-order chi connectivity index (χ1) is 14.6. The van der Waals surface area contributed by atoms with Crippen molar-refractivity contribution >= 4 is 24.8 Å². The van der Waals surface area contributed by atoms with Gasteiger partial charge in [0.1, 0.15) is 5.75 Å². The molecule has 0 amide bonds. The van der Waals surface area contributed by atoms with Gasteiger partial charge in [-0.2, -0.15) is 5.10 Å². The molecule has 0 atom stereocenters. The zero-order valence-corrected chi connectivity index (χ0v) is 19.9. The number of hydrogen-bond donors (Lipinski definition) is 0. The van der Waals surface area contributed by atoms with Crippen molar-refractivity contribution in [3.05, 3.63) is 84.2 Å². The van der Waals surface area contributed by atoms with Crippen molar-refractivity contribution < 1.29 is 4.74 Å². The van der Waals surface area contributed by atoms with Gasteiger partial charge in [0.15, 0.2) is 11.6 Å². The number of ether oxygens (including phenoxy) is 1. The maximum Gasteiger partial charge on any atom is 0.181 e. The number of pyridine rings is 1. The van der Waals surface area contributed by atoms with Crippen LogP contribution in [0.15, 0.2) is 73.1 Å². The third kappa shape index (κ3) is 6.07. The van der Waals surface area contributed by atoms with Crippen molar-refractivity contribution in [2.45, 2.75) is 13.1 Å². The standard InChI is InChI=1S/C24H25N5O.2ClH/c1-28(2)16-19-5-4-6-21(15-19)23-26-24(20-7-9-22(30-3)10-8-20)29(27-23)17-18-11-13-25-14-12-18;;/h4-15H,16-17H2,1-3H3;2*1H. The molecule has 2 heterocycles. The molecule has 0 bridgehead atoms. The Hall–Kier alpha value is -2.93. The Balaban J connectivity index is 0.00000181. The number of hydrogen-bond acceptors (Lipinski definition) is 5. The highest BCUT2D eigenvalue weighted by Gasteiger charge is 2.15. The van der Waals surface area contributed by atoms with Crippen LogP contribution in [0.2, 0.25) is 0 Å². The van der Waals surface area contributed by atoms with Crippen molar-refractivity contribution in [1.82, 2.24) is 24.6 Å². The molecule has 6 nitrogen and oxygen atoms in total. The highest BCUT2D eigenvalue weighted by molar-refractivity contribution is 5.85. The van der Waals surface area contributed by atoms with Gasteiger partial charge in [-0.05, 0) is 67.7 Å². The fourth-order valence-corrected chi connectivity index (χ4v) is 3.36. The van der Waals surface area contributed by atoms with Gasteiger partial charge in [0, 0.05) is 30.1 Å². The highest BCUT2D eigenvalue weighted by Crippen LogP contribution is 2.26. The second-order valence-corrected chi connectivity index (χ2v) is 7.44. The van der Waals surface area contributed by atoms with E-state index >= 15 is 0 Å². The minimum Gasteiger partial charge on any atom is -0.497 e. The van der Waals surface area contributed by atoms with Crippen LogP contribution in [0.25, 0.3) is 22.8 Å². The predicted octanol–water partition coefficient (Wildman–Crippen LogP) is 4.97. The molecule has 0 fully saturated rings. The summed E-state index contributed by atoms with van der Waals surface area (Å²) in [6.07, 6.45) is 3.59. The predicted molar refractivity (Wildman–Crippen MR) is 133 cm³/mol. The minimum absolute atomic E-state index is 0. The smallest absolute Gasteiger partial charge is 0.181 e. The first-order valence-electron chi connectivity index (χ1n) is 9.84. The molecule has 8 heteroatoms. The average Bonchev–Trinajstić information content (AvgIpc) is 3.18. The van der Waals surface area contributed by atoms with Gasteiger partial charge in [-0.25, -0.2) is 9.67 Å². The van der Waals surface area contributed by atoms with Crippen LogP contribution in [0.3, 0.4) is 0 Å². The first kappa shape index (κ1) is 25.3. The molecule has 0 aliphatic rings. The van der Waals surface area contributed by atoms with Crippen LogP contribution >= 0.6 is 24.8 Å². The molecule has 0 N–H and O–H groups in total. The van der Waals surface area contributed by atoms with Crippen LogP contribution in [0.5, 0.6) is 5.75 Å². The number of rotatable bonds is 7. The van der Waals surface area contributed by atoms with E-state index in [0.717, 1.165) is 40.6 Å². The van der Waals surface area contributed by atoms with Crippen molar-refractivity contribution in [3.8, 4) is 28.5 Å². The third-order valence-electron chi connectivity index (χ3n) is 4.79. The van der Waals surface area contributed by atoms with Gasteiger partial charge in [-0.3, -0.25) is 4.98 Å². The lowest BCUT2D eigenvalue weighted by molar-refractivity contribution is 0.402. The number of halogens is 2. The van der Waals surface area contributed by atoms with Crippen LogP contribution in [0.1, 0.15) is 11.1 Å². The molecular formula is C24H27Cl2N5O. The zero-order chi connectivity index (χ0) is 20.9. The molecule has 0 saturated heterocycles. The lowest BCUT2D eigenvalue weighted by Crippen LogP contribution is -2.10. The Morgan fingerprint density at radius 2 is 1.59 bits per heavy atom. The maximum atomic E-state index is 5.30. The molecule has 0 aliphatic heterocycles. The summed E-state index contributed by atoms with van der Waals surface area (Å²) in [5.41, 5.74) is 4.36. The van der Waals surface area contributed by atoms with Gasteiger partial charge < -0.3 is 9.64 Å². The van der Waals surface area contributed by atoms with Gasteiger partial charge in [-0.1, -0.05) is 18.2 Å². The molecule has 0 unspecified atom stereocenters. The normalized spacial score (nSPS) is 10.4. The quantitative estimate of drug-likeness (QED) is 0.380. The second-order valence-electron chi connectivity index (χ2n) is 7.44. The summed E-state index contributed by atoms with van der Waals surface area (Å²) < 4.78 is 7.25. The molecule has 0 saturated carbocycles. The highest BCUT2D eigenvalue weighted by atomic mass is 35.5. The first-order valence-corrected chi connectivity index (χ1v) is 9.84. The summed E-state index contributed by atoms with van der Waals surface area (Å²) in [5.74, 6) is 2.36. The molecule has 0 radical (unpaired) electrons. The summed E-state index contributed by atoms with van der Waals surface area (Å²) >= 11 is 0. The van der Waals surface area contributed by atoms with E-state index in [-0.39, 0.29) is 24.8 Å². The Kier molecular flexibility index (Phi) is 9.20. The summed E-state index contributed by atoms with van der Waals surface area (Å²) in [4.78, 5) is 11.2. The molecule has 2 aromatic carbocycles. The van der Waals surface area contributed by atoms with Crippen LogP contribution in [-0.2, 0) is 13.1 Å². The number of methoxy groups -OCH3 is 1. The Morgan fingerprint density at radius 1 is 0.875 bits per heavy atom. The van der Waals surface area contributed by atoms with Crippen LogP contribution in [0.4, 0.5) is 0 Å². The average molecular weight is 472 g/mol. The number of aromatic nitrogens is 4. The monoisotopic (exact) mass is 471 g/mol. The van der Waals surface area contributed by atoms with Crippen LogP contribution < -0.4 is 4.74 Å². The van der Waals surface area contributed by atoms with E-state index in [1.54, 1.807) is 19.5 Å². The maximum absolute atomic E-state index is 5.30. The van der Waals surface area contributed by atoms with Crippen molar-refractivity contribution in [3.63, 3.8) is 0 Å². The number of nitrogens with zero attached hydrogens (tertiary/aromatic N) is 5. The van der Waals surface area contributed by atoms with Crippen LogP contribution in [-0.4, -0.2) is 45.9 Å². The topological polar surface area (TPSA) is 56.1 Å². The fourth-order valence-electron chi connectivity index (χ4n) is 3.36. The fraction of sp³-hybridized carbons (Fsp3) is 0.208. The second kappa shape index (κ2) is 11.6. The van der Waals surface area contributed by atoms with E-state index < -0.39 is 0 Å². The molecule has 0 aliphatic carbocycles. The Bertz CT molecular complexity index is 1110. The zero-order valence-electron chi connectivity index (χ0n) is 18.3. The van der Waals surface area contributed by atoms with Crippen LogP contribution in [0, 0.1) is 0 Å². The summed E-state index contributed by atoms with van der Waals surface area (Å²) in [5, 5.41) is 4.86. The minimum atomic E-state index is 0. The molecule has 0 spiro atoms. The van der Waals surface area contributed by atoms with Gasteiger partial charge >= 0.3 is 0 Å². The van der Waals surface area contributed by atoms with E-state index in [1.165, 1.54) is 5.56 Å². The lowest BCUT2D eigenvalue weighted by atomic mass is 10.1. The molecule has 2 aromatic heterocycles. The summed E-state index contributed by atoms with van der Waals surface area (Å²) in [6.45, 7) is 1.49. The molecule has 168 valence electrons. The van der Waals surface area contributed by atoms with Crippen molar-refractivity contribution in [1.29, 1.82) is 0 Å². The summed E-state index contributed by atoms with van der Waals surface area (Å²) in [7, 11) is 5.80. The molecule has 32 heavy (non-hydrogen) atoms. The molecule has 4 aromatic rings. The van der Waals surface area contributed by atoms with E-state index in [0.29, 0.717) is 6.54 Å². The molecule has 4 rings (SSSR count). The van der Waals surface area contributed by atoms with Gasteiger partial charge in [0.05, 0.1) is 13.7 Å². The Labute approximate surface area is 201 Å². The molecular weight excluding hydrogens is 445 g/mol. The SMILES string of the molecule is COc1ccc(-c2nc(-c3cccc(CN(C)C)c3)nn2Cc2ccncc2)cc1.Cl.Cl. The Morgan fingerprint density at radius 3 is 2.25 bits per heavy atom. The lowest BCUT2D eigenvalue weighted by Gasteiger charge is -2.09. The van der Waals surface area contributed by atoms with Gasteiger partial charge in [0.2, 0.25) is 0 Å². The van der Waals surface area contributed by atoms with E-state index in [4.69, 9.17) is 14.8 Å². The number of benzene rings is 2. The van der Waals surface area contributed by atoms with Crippen molar-refractivity contribution in [2.24, 2.45) is 0 Å². The van der Waals surface area contributed by atoms with E-state index in [1.807, 2.05) is 41.1 Å². The van der Waals surface area contributed by atoms with Crippen molar-refractivity contribution in [2.75, 3.05) is 21.2 Å². The van der Waals surface area contributed by atoms with E-state index in [9.17, 15) is 0 Å². The largest absolute Gasteiger partial charge is 0.497 e. The van der Waals surface area contributed by atoms with Gasteiger partial charge in [-0.15, -0.1) is 24.8 Å². The third-order valence-corrected chi connectivity index (χ3v) is 4.79. The van der Waals surface area contributed by atoms with E-state index in [2.05, 4.69) is 48.2 Å². The van der Waals surface area contributed by atoms with Gasteiger partial charge in [0.25, 0.3) is 0 Å². The summed E-state index contributed by atoms with van der Waals surface area (Å²) in [6, 6.07) is 20.3.